The second-order valence-electron chi connectivity index (χ2n) is 3.05. The minimum absolute atomic E-state index is 0.0971. The van der Waals surface area contributed by atoms with E-state index in [4.69, 9.17) is 10.3 Å². The smallest absolute Gasteiger partial charge is 0.109 e. The van der Waals surface area contributed by atoms with Gasteiger partial charge in [-0.1, -0.05) is 54.2 Å². The van der Waals surface area contributed by atoms with Crippen molar-refractivity contribution in [2.24, 2.45) is 10.3 Å². The van der Waals surface area contributed by atoms with Gasteiger partial charge in [-0.05, 0) is 18.1 Å². The highest BCUT2D eigenvalue weighted by Gasteiger charge is 2.39. The Morgan fingerprint density at radius 1 is 1.00 bits per heavy atom. The molecule has 0 amide bonds. The standard InChI is InChI=1S/C10H16N2S4/c1-13-10(14-2,9(15-11)16-12)8-6-4-3-5-7-8/h3-7,9H,11-12H2,1-2H3. The molecule has 0 fully saturated rings. The van der Waals surface area contributed by atoms with Gasteiger partial charge < -0.3 is 0 Å². The summed E-state index contributed by atoms with van der Waals surface area (Å²) in [6, 6.07) is 10.4. The Kier molecular flexibility index (Phi) is 6.46. The highest BCUT2D eigenvalue weighted by atomic mass is 32.2. The van der Waals surface area contributed by atoms with Crippen LogP contribution in [-0.4, -0.2) is 17.1 Å². The molecule has 16 heavy (non-hydrogen) atoms. The van der Waals surface area contributed by atoms with Crippen LogP contribution in [0.15, 0.2) is 30.3 Å². The van der Waals surface area contributed by atoms with Crippen molar-refractivity contribution in [2.45, 2.75) is 8.66 Å². The van der Waals surface area contributed by atoms with Crippen LogP contribution in [0, 0.1) is 0 Å². The quantitative estimate of drug-likeness (QED) is 0.621. The zero-order chi connectivity index (χ0) is 12.0. The molecule has 6 heteroatoms. The van der Waals surface area contributed by atoms with Crippen molar-refractivity contribution < 1.29 is 0 Å². The fraction of sp³-hybridized carbons (Fsp3) is 0.400. The third-order valence-corrected chi connectivity index (χ3v) is 7.96. The van der Waals surface area contributed by atoms with E-state index in [2.05, 4.69) is 36.8 Å². The molecule has 1 rings (SSSR count). The molecule has 4 N–H and O–H groups in total. The normalized spacial score (nSPS) is 12.1. The van der Waals surface area contributed by atoms with Crippen molar-refractivity contribution in [2.75, 3.05) is 12.5 Å². The van der Waals surface area contributed by atoms with Crippen LogP contribution in [0.3, 0.4) is 0 Å². The molecule has 0 unspecified atom stereocenters. The lowest BCUT2D eigenvalue weighted by atomic mass is 10.1. The molecule has 0 aliphatic heterocycles. The first kappa shape index (κ1) is 14.6. The highest BCUT2D eigenvalue weighted by Crippen LogP contribution is 2.52. The fourth-order valence-electron chi connectivity index (χ4n) is 1.53. The molecular weight excluding hydrogens is 276 g/mol. The number of rotatable bonds is 6. The van der Waals surface area contributed by atoms with Crippen molar-refractivity contribution in [1.29, 1.82) is 0 Å². The lowest BCUT2D eigenvalue weighted by molar-refractivity contribution is 0.990. The van der Waals surface area contributed by atoms with Crippen molar-refractivity contribution in [3.8, 4) is 0 Å². The van der Waals surface area contributed by atoms with Gasteiger partial charge in [0, 0.05) is 0 Å². The summed E-state index contributed by atoms with van der Waals surface area (Å²) < 4.78 is 0.0278. The maximum absolute atomic E-state index is 5.75. The highest BCUT2D eigenvalue weighted by molar-refractivity contribution is 8.22. The Morgan fingerprint density at radius 2 is 1.50 bits per heavy atom. The third-order valence-electron chi connectivity index (χ3n) is 2.34. The molecule has 2 nitrogen and oxygen atoms in total. The van der Waals surface area contributed by atoms with E-state index in [1.165, 1.54) is 29.5 Å². The molecule has 0 aliphatic rings. The van der Waals surface area contributed by atoms with E-state index >= 15 is 0 Å². The number of thioether (sulfide) groups is 2. The largest absolute Gasteiger partial charge is 0.277 e. The summed E-state index contributed by atoms with van der Waals surface area (Å²) in [5.41, 5.74) is 1.26. The van der Waals surface area contributed by atoms with E-state index < -0.39 is 0 Å². The predicted octanol–water partition coefficient (Wildman–Crippen LogP) is 3.11. The molecule has 0 aromatic heterocycles. The summed E-state index contributed by atoms with van der Waals surface area (Å²) in [6.07, 6.45) is 4.20. The van der Waals surface area contributed by atoms with Crippen LogP contribution in [-0.2, 0) is 4.08 Å². The maximum atomic E-state index is 5.75. The van der Waals surface area contributed by atoms with Gasteiger partial charge in [0.1, 0.15) is 8.66 Å². The Hall–Kier alpha value is 0.540. The Morgan fingerprint density at radius 3 is 1.88 bits per heavy atom. The van der Waals surface area contributed by atoms with E-state index in [0.29, 0.717) is 0 Å². The number of benzene rings is 1. The van der Waals surface area contributed by atoms with Gasteiger partial charge in [0.05, 0.1) is 0 Å². The molecule has 90 valence electrons. The van der Waals surface area contributed by atoms with Gasteiger partial charge in [0.15, 0.2) is 0 Å². The van der Waals surface area contributed by atoms with Gasteiger partial charge in [0.2, 0.25) is 0 Å². The molecule has 1 aromatic carbocycles. The van der Waals surface area contributed by atoms with Gasteiger partial charge >= 0.3 is 0 Å². The van der Waals surface area contributed by atoms with Crippen LogP contribution in [0.1, 0.15) is 5.56 Å². The average Bonchev–Trinajstić information content (AvgIpc) is 2.37. The average molecular weight is 293 g/mol. The van der Waals surface area contributed by atoms with Gasteiger partial charge in [-0.25, -0.2) is 0 Å². The first-order chi connectivity index (χ1) is 7.75. The summed E-state index contributed by atoms with van der Waals surface area (Å²) in [6.45, 7) is 0. The molecule has 0 bridgehead atoms. The third kappa shape index (κ3) is 2.86. The van der Waals surface area contributed by atoms with Crippen LogP contribution in [0.5, 0.6) is 0 Å². The zero-order valence-electron chi connectivity index (χ0n) is 9.25. The summed E-state index contributed by atoms with van der Waals surface area (Å²) in [5, 5.41) is 11.5. The first-order valence-electron chi connectivity index (χ1n) is 4.62. The van der Waals surface area contributed by atoms with Crippen molar-refractivity contribution in [3.05, 3.63) is 35.9 Å². The van der Waals surface area contributed by atoms with E-state index in [-0.39, 0.29) is 8.66 Å². The second-order valence-corrected chi connectivity index (χ2v) is 7.19. The minimum atomic E-state index is -0.0971. The first-order valence-corrected chi connectivity index (χ1v) is 8.95. The lowest BCUT2D eigenvalue weighted by Gasteiger charge is -2.35. The van der Waals surface area contributed by atoms with Gasteiger partial charge in [0.25, 0.3) is 0 Å². The van der Waals surface area contributed by atoms with Gasteiger partial charge in [-0.3, -0.25) is 10.3 Å². The number of hydrogen-bond acceptors (Lipinski definition) is 6. The summed E-state index contributed by atoms with van der Waals surface area (Å²) >= 11 is 6.21. The topological polar surface area (TPSA) is 52.0 Å². The second kappa shape index (κ2) is 7.08. The van der Waals surface area contributed by atoms with Gasteiger partial charge in [-0.15, -0.1) is 23.5 Å². The number of hydrogen-bond donors (Lipinski definition) is 2. The van der Waals surface area contributed by atoms with Crippen LogP contribution in [0.4, 0.5) is 0 Å². The Labute approximate surface area is 114 Å². The maximum Gasteiger partial charge on any atom is 0.109 e. The predicted molar refractivity (Wildman–Crippen MR) is 82.5 cm³/mol. The van der Waals surface area contributed by atoms with E-state index in [9.17, 15) is 0 Å². The summed E-state index contributed by atoms with van der Waals surface area (Å²) in [7, 11) is 0. The van der Waals surface area contributed by atoms with Crippen LogP contribution in [0.25, 0.3) is 0 Å². The minimum Gasteiger partial charge on any atom is -0.277 e. The molecule has 0 saturated carbocycles. The molecular formula is C10H16N2S4. The van der Waals surface area contributed by atoms with Crippen LogP contribution in [0.2, 0.25) is 0 Å². The van der Waals surface area contributed by atoms with Crippen molar-refractivity contribution >= 4 is 47.4 Å². The fourth-order valence-corrected chi connectivity index (χ4v) is 6.03. The van der Waals surface area contributed by atoms with E-state index in [1.54, 1.807) is 23.5 Å². The molecule has 1 aromatic rings. The van der Waals surface area contributed by atoms with E-state index in [1.807, 2.05) is 6.07 Å². The van der Waals surface area contributed by atoms with Crippen LogP contribution < -0.4 is 10.3 Å². The zero-order valence-corrected chi connectivity index (χ0v) is 12.5. The monoisotopic (exact) mass is 292 g/mol. The molecule has 0 atom stereocenters. The molecule has 0 saturated heterocycles. The SMILES string of the molecule is CSC(SC)(c1ccccc1)C(SN)SN. The Bertz CT molecular complexity index is 299. The summed E-state index contributed by atoms with van der Waals surface area (Å²) in [4.78, 5) is 0. The Balaban J connectivity index is 3.14. The lowest BCUT2D eigenvalue weighted by Crippen LogP contribution is -2.30. The molecule has 0 heterocycles. The summed E-state index contributed by atoms with van der Waals surface area (Å²) in [5.74, 6) is 0. The van der Waals surface area contributed by atoms with E-state index in [0.717, 1.165) is 0 Å². The van der Waals surface area contributed by atoms with Crippen molar-refractivity contribution in [1.82, 2.24) is 0 Å². The molecule has 0 spiro atoms. The van der Waals surface area contributed by atoms with Gasteiger partial charge in [-0.2, -0.15) is 0 Å². The van der Waals surface area contributed by atoms with Crippen molar-refractivity contribution in [3.63, 3.8) is 0 Å². The molecule has 0 radical (unpaired) electrons. The molecule has 0 aliphatic carbocycles. The number of nitrogens with two attached hydrogens (primary N) is 2. The van der Waals surface area contributed by atoms with Crippen LogP contribution >= 0.6 is 47.4 Å².